The molecule has 1 aliphatic rings. The standard InChI is InChI=1S/C15H28N2O4/c1-10(18)12(13(19)20)16-14(21)17-8-5-6-11(7-9-17)15(2,3)4/h10-12,18H,5-9H2,1-4H3,(H,16,21)(H,19,20). The molecule has 1 rings (SSSR count). The first-order valence-corrected chi connectivity index (χ1v) is 7.59. The zero-order valence-electron chi connectivity index (χ0n) is 13.4. The normalized spacial score (nSPS) is 23.1. The number of carboxylic acid groups (broad SMARTS) is 1. The molecule has 2 amide bonds. The third-order valence-corrected chi connectivity index (χ3v) is 4.27. The molecule has 0 aromatic heterocycles. The summed E-state index contributed by atoms with van der Waals surface area (Å²) in [6.45, 7) is 9.24. The molecule has 122 valence electrons. The van der Waals surface area contributed by atoms with Gasteiger partial charge in [-0.1, -0.05) is 20.8 Å². The number of urea groups is 1. The van der Waals surface area contributed by atoms with Crippen LogP contribution in [-0.2, 0) is 4.79 Å². The minimum Gasteiger partial charge on any atom is -0.480 e. The van der Waals surface area contributed by atoms with Gasteiger partial charge in [-0.2, -0.15) is 0 Å². The highest BCUT2D eigenvalue weighted by Crippen LogP contribution is 2.34. The van der Waals surface area contributed by atoms with Crippen molar-refractivity contribution in [3.05, 3.63) is 0 Å². The van der Waals surface area contributed by atoms with Crippen molar-refractivity contribution < 1.29 is 19.8 Å². The van der Waals surface area contributed by atoms with Crippen molar-refractivity contribution in [2.75, 3.05) is 13.1 Å². The summed E-state index contributed by atoms with van der Waals surface area (Å²) in [5, 5.41) is 20.8. The van der Waals surface area contributed by atoms with E-state index in [4.69, 9.17) is 5.11 Å². The number of carbonyl (C=O) groups excluding carboxylic acids is 1. The molecule has 0 radical (unpaired) electrons. The summed E-state index contributed by atoms with van der Waals surface area (Å²) in [5.41, 5.74) is 0.218. The summed E-state index contributed by atoms with van der Waals surface area (Å²) in [7, 11) is 0. The second-order valence-electron chi connectivity index (χ2n) is 6.99. The number of hydrogen-bond donors (Lipinski definition) is 3. The summed E-state index contributed by atoms with van der Waals surface area (Å²) in [4.78, 5) is 24.8. The maximum atomic E-state index is 12.2. The van der Waals surface area contributed by atoms with Crippen LogP contribution < -0.4 is 5.32 Å². The van der Waals surface area contributed by atoms with Gasteiger partial charge in [0.05, 0.1) is 6.10 Å². The molecule has 0 aliphatic carbocycles. The Bertz CT molecular complexity index is 376. The third-order valence-electron chi connectivity index (χ3n) is 4.27. The van der Waals surface area contributed by atoms with Crippen molar-refractivity contribution in [3.8, 4) is 0 Å². The monoisotopic (exact) mass is 300 g/mol. The first kappa shape index (κ1) is 17.8. The van der Waals surface area contributed by atoms with Crippen LogP contribution in [-0.4, -0.2) is 52.3 Å². The quantitative estimate of drug-likeness (QED) is 0.739. The largest absolute Gasteiger partial charge is 0.480 e. The average Bonchev–Trinajstić information content (AvgIpc) is 2.59. The summed E-state index contributed by atoms with van der Waals surface area (Å²) < 4.78 is 0. The molecule has 1 aliphatic heterocycles. The number of rotatable bonds is 3. The smallest absolute Gasteiger partial charge is 0.328 e. The van der Waals surface area contributed by atoms with Gasteiger partial charge < -0.3 is 20.4 Å². The minimum atomic E-state index is -1.26. The highest BCUT2D eigenvalue weighted by molar-refractivity contribution is 5.83. The van der Waals surface area contributed by atoms with E-state index in [1.165, 1.54) is 6.92 Å². The summed E-state index contributed by atoms with van der Waals surface area (Å²) in [6.07, 6.45) is 1.79. The van der Waals surface area contributed by atoms with Gasteiger partial charge in [0.15, 0.2) is 6.04 Å². The Morgan fingerprint density at radius 1 is 1.24 bits per heavy atom. The number of likely N-dealkylation sites (tertiary alicyclic amines) is 1. The molecule has 6 heteroatoms. The van der Waals surface area contributed by atoms with Crippen molar-refractivity contribution in [2.24, 2.45) is 11.3 Å². The van der Waals surface area contributed by atoms with Crippen LogP contribution >= 0.6 is 0 Å². The fourth-order valence-corrected chi connectivity index (χ4v) is 2.78. The van der Waals surface area contributed by atoms with Crippen LogP contribution in [0.15, 0.2) is 0 Å². The molecule has 6 nitrogen and oxygen atoms in total. The number of aliphatic hydroxyl groups excluding tert-OH is 1. The van der Waals surface area contributed by atoms with Crippen LogP contribution in [0.5, 0.6) is 0 Å². The Labute approximate surface area is 126 Å². The Balaban J connectivity index is 2.61. The fraction of sp³-hybridized carbons (Fsp3) is 0.867. The van der Waals surface area contributed by atoms with Gasteiger partial charge in [-0.15, -0.1) is 0 Å². The van der Waals surface area contributed by atoms with E-state index in [1.807, 2.05) is 0 Å². The maximum absolute atomic E-state index is 12.2. The van der Waals surface area contributed by atoms with Crippen molar-refractivity contribution in [3.63, 3.8) is 0 Å². The first-order valence-electron chi connectivity index (χ1n) is 7.59. The number of nitrogens with zero attached hydrogens (tertiary/aromatic N) is 1. The second-order valence-corrected chi connectivity index (χ2v) is 6.99. The van der Waals surface area contributed by atoms with Crippen LogP contribution in [0.4, 0.5) is 4.79 Å². The van der Waals surface area contributed by atoms with Gasteiger partial charge in [-0.05, 0) is 37.5 Å². The lowest BCUT2D eigenvalue weighted by Gasteiger charge is -2.30. The Morgan fingerprint density at radius 2 is 1.86 bits per heavy atom. The van der Waals surface area contributed by atoms with Crippen molar-refractivity contribution in [1.29, 1.82) is 0 Å². The molecule has 0 saturated carbocycles. The van der Waals surface area contributed by atoms with Gasteiger partial charge in [0.2, 0.25) is 0 Å². The second kappa shape index (κ2) is 7.11. The van der Waals surface area contributed by atoms with Crippen LogP contribution in [0.25, 0.3) is 0 Å². The number of aliphatic hydroxyl groups is 1. The summed E-state index contributed by atoms with van der Waals surface area (Å²) in [5.74, 6) is -0.664. The number of amides is 2. The minimum absolute atomic E-state index is 0.218. The summed E-state index contributed by atoms with van der Waals surface area (Å²) >= 11 is 0. The summed E-state index contributed by atoms with van der Waals surface area (Å²) in [6, 6.07) is -1.67. The molecular formula is C15H28N2O4. The van der Waals surface area contributed by atoms with Crippen LogP contribution in [0.2, 0.25) is 0 Å². The lowest BCUT2D eigenvalue weighted by Crippen LogP contribution is -2.52. The molecule has 3 atom stereocenters. The van der Waals surface area contributed by atoms with Gasteiger partial charge in [0.1, 0.15) is 0 Å². The zero-order valence-corrected chi connectivity index (χ0v) is 13.4. The topological polar surface area (TPSA) is 89.9 Å². The number of carboxylic acids is 1. The van der Waals surface area contributed by atoms with E-state index < -0.39 is 24.1 Å². The fourth-order valence-electron chi connectivity index (χ4n) is 2.78. The highest BCUT2D eigenvalue weighted by atomic mass is 16.4. The molecule has 0 spiro atoms. The molecular weight excluding hydrogens is 272 g/mol. The first-order chi connectivity index (χ1) is 9.62. The van der Waals surface area contributed by atoms with Crippen LogP contribution in [0.1, 0.15) is 47.0 Å². The Kier molecular flexibility index (Phi) is 6.01. The number of aliphatic carboxylic acids is 1. The predicted molar refractivity (Wildman–Crippen MR) is 80.0 cm³/mol. The van der Waals surface area contributed by atoms with Crippen molar-refractivity contribution in [1.82, 2.24) is 10.2 Å². The van der Waals surface area contributed by atoms with Gasteiger partial charge in [0, 0.05) is 13.1 Å². The Morgan fingerprint density at radius 3 is 2.33 bits per heavy atom. The molecule has 3 N–H and O–H groups in total. The number of hydrogen-bond acceptors (Lipinski definition) is 3. The van der Waals surface area contributed by atoms with Crippen molar-refractivity contribution >= 4 is 12.0 Å². The predicted octanol–water partition coefficient (Wildman–Crippen LogP) is 1.68. The lowest BCUT2D eigenvalue weighted by atomic mass is 9.77. The van der Waals surface area contributed by atoms with Crippen LogP contribution in [0.3, 0.4) is 0 Å². The molecule has 21 heavy (non-hydrogen) atoms. The van der Waals surface area contributed by atoms with E-state index in [0.717, 1.165) is 19.3 Å². The molecule has 0 aromatic rings. The molecule has 3 unspecified atom stereocenters. The van der Waals surface area contributed by atoms with Gasteiger partial charge >= 0.3 is 12.0 Å². The lowest BCUT2D eigenvalue weighted by molar-refractivity contribution is -0.141. The Hall–Kier alpha value is -1.30. The van der Waals surface area contributed by atoms with E-state index in [2.05, 4.69) is 26.1 Å². The van der Waals surface area contributed by atoms with Gasteiger partial charge in [-0.3, -0.25) is 0 Å². The van der Waals surface area contributed by atoms with E-state index in [9.17, 15) is 14.7 Å². The van der Waals surface area contributed by atoms with E-state index >= 15 is 0 Å². The van der Waals surface area contributed by atoms with Crippen LogP contribution in [0, 0.1) is 11.3 Å². The number of nitrogens with one attached hydrogen (secondary N) is 1. The highest BCUT2D eigenvalue weighted by Gasteiger charge is 2.31. The third kappa shape index (κ3) is 5.19. The maximum Gasteiger partial charge on any atom is 0.328 e. The SMILES string of the molecule is CC(O)C(NC(=O)N1CCCC(C(C)(C)C)CC1)C(=O)O. The van der Waals surface area contributed by atoms with E-state index in [0.29, 0.717) is 19.0 Å². The van der Waals surface area contributed by atoms with Crippen molar-refractivity contribution in [2.45, 2.75) is 59.1 Å². The molecule has 1 heterocycles. The molecule has 0 aromatic carbocycles. The molecule has 0 bridgehead atoms. The van der Waals surface area contributed by atoms with E-state index in [-0.39, 0.29) is 5.41 Å². The molecule has 1 saturated heterocycles. The number of carbonyl (C=O) groups is 2. The van der Waals surface area contributed by atoms with E-state index in [1.54, 1.807) is 4.90 Å². The van der Waals surface area contributed by atoms with Gasteiger partial charge in [0.25, 0.3) is 0 Å². The average molecular weight is 300 g/mol. The molecule has 1 fully saturated rings. The zero-order chi connectivity index (χ0) is 16.2. The van der Waals surface area contributed by atoms with Gasteiger partial charge in [-0.25, -0.2) is 9.59 Å².